The van der Waals surface area contributed by atoms with E-state index in [4.69, 9.17) is 4.74 Å². The van der Waals surface area contributed by atoms with Crippen LogP contribution in [0.5, 0.6) is 5.75 Å². The zero-order valence-corrected chi connectivity index (χ0v) is 14.1. The van der Waals surface area contributed by atoms with Crippen LogP contribution in [0.15, 0.2) is 48.5 Å². The highest BCUT2D eigenvalue weighted by molar-refractivity contribution is 5.76. The predicted octanol–water partition coefficient (Wildman–Crippen LogP) is 2.76. The second-order valence-corrected chi connectivity index (χ2v) is 6.13. The second kappa shape index (κ2) is 7.97. The molecule has 0 spiro atoms. The number of nitrogens with zero attached hydrogens (tertiary/aromatic N) is 1. The zero-order chi connectivity index (χ0) is 16.8. The molecule has 1 aliphatic rings. The van der Waals surface area contributed by atoms with Gasteiger partial charge >= 0.3 is 0 Å². The SMILES string of the molecule is COc1ccccc1CNC(=O)CCN1CCc2ccccc2C1. The van der Waals surface area contributed by atoms with Gasteiger partial charge in [0, 0.05) is 38.2 Å². The molecule has 0 aliphatic carbocycles. The molecule has 2 aromatic rings. The van der Waals surface area contributed by atoms with Crippen LogP contribution in [0.3, 0.4) is 0 Å². The Bertz CT molecular complexity index is 700. The molecule has 0 saturated heterocycles. The van der Waals surface area contributed by atoms with Crippen LogP contribution >= 0.6 is 0 Å². The Kier molecular flexibility index (Phi) is 5.49. The molecule has 24 heavy (non-hydrogen) atoms. The summed E-state index contributed by atoms with van der Waals surface area (Å²) in [7, 11) is 1.65. The van der Waals surface area contributed by atoms with Crippen molar-refractivity contribution in [1.82, 2.24) is 10.2 Å². The fourth-order valence-corrected chi connectivity index (χ4v) is 3.14. The quantitative estimate of drug-likeness (QED) is 0.888. The van der Waals surface area contributed by atoms with Gasteiger partial charge < -0.3 is 10.1 Å². The summed E-state index contributed by atoms with van der Waals surface area (Å²) in [6.45, 7) is 3.27. The van der Waals surface area contributed by atoms with Gasteiger partial charge in [0.25, 0.3) is 0 Å². The minimum Gasteiger partial charge on any atom is -0.496 e. The van der Waals surface area contributed by atoms with Crippen LogP contribution in [-0.4, -0.2) is 31.0 Å². The third-order valence-corrected chi connectivity index (χ3v) is 4.53. The van der Waals surface area contributed by atoms with E-state index in [1.54, 1.807) is 7.11 Å². The fourth-order valence-electron chi connectivity index (χ4n) is 3.14. The van der Waals surface area contributed by atoms with Gasteiger partial charge in [0.1, 0.15) is 5.75 Å². The van der Waals surface area contributed by atoms with Crippen LogP contribution in [0, 0.1) is 0 Å². The highest BCUT2D eigenvalue weighted by Gasteiger charge is 2.16. The van der Waals surface area contributed by atoms with E-state index in [-0.39, 0.29) is 5.91 Å². The molecule has 0 aromatic heterocycles. The molecule has 1 heterocycles. The molecule has 3 rings (SSSR count). The fraction of sp³-hybridized carbons (Fsp3) is 0.350. The molecule has 1 N–H and O–H groups in total. The smallest absolute Gasteiger partial charge is 0.221 e. The number of carbonyl (C=O) groups is 1. The second-order valence-electron chi connectivity index (χ2n) is 6.13. The number of methoxy groups -OCH3 is 1. The van der Waals surface area contributed by atoms with E-state index in [1.165, 1.54) is 11.1 Å². The molecule has 4 nitrogen and oxygen atoms in total. The average molecular weight is 324 g/mol. The van der Waals surface area contributed by atoms with Crippen molar-refractivity contribution < 1.29 is 9.53 Å². The summed E-state index contributed by atoms with van der Waals surface area (Å²) < 4.78 is 5.31. The number of rotatable bonds is 6. The maximum absolute atomic E-state index is 12.1. The van der Waals surface area contributed by atoms with Gasteiger partial charge in [0.2, 0.25) is 5.91 Å². The minimum absolute atomic E-state index is 0.0831. The summed E-state index contributed by atoms with van der Waals surface area (Å²) in [5.74, 6) is 0.894. The summed E-state index contributed by atoms with van der Waals surface area (Å²) in [5, 5.41) is 2.99. The topological polar surface area (TPSA) is 41.6 Å². The number of hydrogen-bond donors (Lipinski definition) is 1. The van der Waals surface area contributed by atoms with Gasteiger partial charge in [-0.15, -0.1) is 0 Å². The van der Waals surface area contributed by atoms with Crippen molar-refractivity contribution in [2.24, 2.45) is 0 Å². The number of fused-ring (bicyclic) bond motifs is 1. The van der Waals surface area contributed by atoms with Gasteiger partial charge in [-0.2, -0.15) is 0 Å². The van der Waals surface area contributed by atoms with Gasteiger partial charge in [0.05, 0.1) is 7.11 Å². The normalized spacial score (nSPS) is 14.0. The maximum atomic E-state index is 12.1. The number of benzene rings is 2. The molecule has 1 amide bonds. The lowest BCUT2D eigenvalue weighted by Crippen LogP contribution is -2.34. The Morgan fingerprint density at radius 3 is 2.71 bits per heavy atom. The first kappa shape index (κ1) is 16.5. The first-order valence-corrected chi connectivity index (χ1v) is 8.44. The van der Waals surface area contributed by atoms with Crippen molar-refractivity contribution in [3.63, 3.8) is 0 Å². The average Bonchev–Trinajstić information content (AvgIpc) is 2.64. The molecule has 1 aliphatic heterocycles. The van der Waals surface area contributed by atoms with Crippen molar-refractivity contribution in [2.75, 3.05) is 20.2 Å². The van der Waals surface area contributed by atoms with E-state index in [2.05, 4.69) is 34.5 Å². The van der Waals surface area contributed by atoms with E-state index in [0.29, 0.717) is 13.0 Å². The molecule has 0 fully saturated rings. The molecule has 2 aromatic carbocycles. The lowest BCUT2D eigenvalue weighted by Gasteiger charge is -2.28. The number of hydrogen-bond acceptors (Lipinski definition) is 3. The van der Waals surface area contributed by atoms with E-state index in [9.17, 15) is 4.79 Å². The highest BCUT2D eigenvalue weighted by Crippen LogP contribution is 2.19. The largest absolute Gasteiger partial charge is 0.496 e. The molecule has 0 unspecified atom stereocenters. The summed E-state index contributed by atoms with van der Waals surface area (Å²) in [6.07, 6.45) is 1.59. The number of ether oxygens (including phenoxy) is 1. The third kappa shape index (κ3) is 4.15. The monoisotopic (exact) mass is 324 g/mol. The third-order valence-electron chi connectivity index (χ3n) is 4.53. The Labute approximate surface area is 143 Å². The molecule has 0 radical (unpaired) electrons. The Balaban J connectivity index is 1.45. The van der Waals surface area contributed by atoms with Crippen LogP contribution in [-0.2, 0) is 24.3 Å². The number of carbonyl (C=O) groups excluding carboxylic acids is 1. The molecule has 0 atom stereocenters. The molecular weight excluding hydrogens is 300 g/mol. The van der Waals surface area contributed by atoms with Crippen LogP contribution in [0.2, 0.25) is 0 Å². The molecule has 0 bridgehead atoms. The molecule has 4 heteroatoms. The van der Waals surface area contributed by atoms with Crippen molar-refractivity contribution in [2.45, 2.75) is 25.9 Å². The standard InChI is InChI=1S/C20H24N2O2/c1-24-19-9-5-4-7-17(19)14-21-20(23)11-13-22-12-10-16-6-2-3-8-18(16)15-22/h2-9H,10-15H2,1H3,(H,21,23). The van der Waals surface area contributed by atoms with Crippen LogP contribution in [0.25, 0.3) is 0 Å². The molecular formula is C20H24N2O2. The van der Waals surface area contributed by atoms with Crippen molar-refractivity contribution in [3.05, 3.63) is 65.2 Å². The Morgan fingerprint density at radius 2 is 1.88 bits per heavy atom. The lowest BCUT2D eigenvalue weighted by molar-refractivity contribution is -0.121. The van der Waals surface area contributed by atoms with E-state index in [1.807, 2.05) is 24.3 Å². The van der Waals surface area contributed by atoms with E-state index >= 15 is 0 Å². The number of amides is 1. The first-order valence-electron chi connectivity index (χ1n) is 8.44. The van der Waals surface area contributed by atoms with Crippen molar-refractivity contribution in [3.8, 4) is 5.75 Å². The van der Waals surface area contributed by atoms with Gasteiger partial charge in [-0.3, -0.25) is 9.69 Å². The van der Waals surface area contributed by atoms with Gasteiger partial charge in [-0.25, -0.2) is 0 Å². The maximum Gasteiger partial charge on any atom is 0.221 e. The Hall–Kier alpha value is -2.33. The molecule has 0 saturated carbocycles. The van der Waals surface area contributed by atoms with Crippen LogP contribution in [0.1, 0.15) is 23.1 Å². The Morgan fingerprint density at radius 1 is 1.12 bits per heavy atom. The predicted molar refractivity (Wildman–Crippen MR) is 94.9 cm³/mol. The summed E-state index contributed by atoms with van der Waals surface area (Å²) >= 11 is 0. The van der Waals surface area contributed by atoms with Crippen molar-refractivity contribution in [1.29, 1.82) is 0 Å². The summed E-state index contributed by atoms with van der Waals surface area (Å²) in [6, 6.07) is 16.3. The first-order chi connectivity index (χ1) is 11.8. The van der Waals surface area contributed by atoms with Gasteiger partial charge in [0.15, 0.2) is 0 Å². The summed E-state index contributed by atoms with van der Waals surface area (Å²) in [4.78, 5) is 14.5. The zero-order valence-electron chi connectivity index (χ0n) is 14.1. The lowest BCUT2D eigenvalue weighted by atomic mass is 10.00. The highest BCUT2D eigenvalue weighted by atomic mass is 16.5. The number of nitrogens with one attached hydrogen (secondary N) is 1. The van der Waals surface area contributed by atoms with E-state index in [0.717, 1.165) is 37.4 Å². The van der Waals surface area contributed by atoms with Crippen molar-refractivity contribution >= 4 is 5.91 Å². The summed E-state index contributed by atoms with van der Waals surface area (Å²) in [5.41, 5.74) is 3.83. The van der Waals surface area contributed by atoms with Crippen LogP contribution < -0.4 is 10.1 Å². The number of para-hydroxylation sites is 1. The molecule has 126 valence electrons. The van der Waals surface area contributed by atoms with Gasteiger partial charge in [-0.05, 0) is 23.6 Å². The van der Waals surface area contributed by atoms with Gasteiger partial charge in [-0.1, -0.05) is 42.5 Å². The minimum atomic E-state index is 0.0831. The van der Waals surface area contributed by atoms with E-state index < -0.39 is 0 Å². The van der Waals surface area contributed by atoms with Crippen LogP contribution in [0.4, 0.5) is 0 Å².